The third-order valence-corrected chi connectivity index (χ3v) is 2.47. The Labute approximate surface area is 88.4 Å². The summed E-state index contributed by atoms with van der Waals surface area (Å²) in [6.07, 6.45) is 0. The van der Waals surface area contributed by atoms with E-state index < -0.39 is 0 Å². The third kappa shape index (κ3) is 1.73. The predicted octanol–water partition coefficient (Wildman–Crippen LogP) is 2.97. The standard InChI is InChI=1S/C12H13NO2/c1-7-6-10(4-5-11(7)14)12-13-8(2)9(3)15-12/h4-6,14H,1-3H3. The number of aromatic nitrogens is 1. The first-order chi connectivity index (χ1) is 7.08. The van der Waals surface area contributed by atoms with Crippen molar-refractivity contribution in [2.45, 2.75) is 20.8 Å². The van der Waals surface area contributed by atoms with Gasteiger partial charge < -0.3 is 9.52 Å². The number of phenols is 1. The molecule has 3 heteroatoms. The lowest BCUT2D eigenvalue weighted by Gasteiger charge is -2.00. The number of hydrogen-bond donors (Lipinski definition) is 1. The molecule has 2 aromatic rings. The molecule has 0 atom stereocenters. The Bertz CT molecular complexity index is 481. The maximum absolute atomic E-state index is 9.40. The zero-order valence-electron chi connectivity index (χ0n) is 9.03. The molecule has 1 N–H and O–H groups in total. The van der Waals surface area contributed by atoms with Crippen LogP contribution >= 0.6 is 0 Å². The van der Waals surface area contributed by atoms with E-state index >= 15 is 0 Å². The first-order valence-corrected chi connectivity index (χ1v) is 4.82. The molecule has 1 aromatic heterocycles. The average Bonchev–Trinajstić information content (AvgIpc) is 2.52. The number of phenolic OH excluding ortho intramolecular Hbond substituents is 1. The van der Waals surface area contributed by atoms with Crippen LogP contribution in [-0.2, 0) is 0 Å². The fourth-order valence-electron chi connectivity index (χ4n) is 1.38. The number of aromatic hydroxyl groups is 1. The molecular weight excluding hydrogens is 190 g/mol. The van der Waals surface area contributed by atoms with Gasteiger partial charge in [0.1, 0.15) is 11.5 Å². The molecule has 15 heavy (non-hydrogen) atoms. The van der Waals surface area contributed by atoms with E-state index in [0.29, 0.717) is 11.6 Å². The van der Waals surface area contributed by atoms with Crippen molar-refractivity contribution in [1.82, 2.24) is 4.98 Å². The van der Waals surface area contributed by atoms with Crippen LogP contribution in [0, 0.1) is 20.8 Å². The molecule has 0 amide bonds. The highest BCUT2D eigenvalue weighted by Crippen LogP contribution is 2.25. The molecule has 0 aliphatic carbocycles. The first kappa shape index (κ1) is 9.77. The normalized spacial score (nSPS) is 10.6. The molecular formula is C12H13NO2. The summed E-state index contributed by atoms with van der Waals surface area (Å²) in [4.78, 5) is 4.30. The fourth-order valence-corrected chi connectivity index (χ4v) is 1.38. The number of rotatable bonds is 1. The number of oxazole rings is 1. The van der Waals surface area contributed by atoms with Crippen LogP contribution in [0.15, 0.2) is 22.6 Å². The summed E-state index contributed by atoms with van der Waals surface area (Å²) in [5.41, 5.74) is 2.61. The highest BCUT2D eigenvalue weighted by molar-refractivity contribution is 5.57. The summed E-state index contributed by atoms with van der Waals surface area (Å²) in [6.45, 7) is 5.65. The minimum Gasteiger partial charge on any atom is -0.508 e. The van der Waals surface area contributed by atoms with Crippen LogP contribution in [0.1, 0.15) is 17.0 Å². The van der Waals surface area contributed by atoms with E-state index in [4.69, 9.17) is 4.42 Å². The van der Waals surface area contributed by atoms with Crippen LogP contribution in [0.25, 0.3) is 11.5 Å². The average molecular weight is 203 g/mol. The molecule has 2 rings (SSSR count). The lowest BCUT2D eigenvalue weighted by Crippen LogP contribution is -1.80. The fraction of sp³-hybridized carbons (Fsp3) is 0.250. The largest absolute Gasteiger partial charge is 0.508 e. The zero-order chi connectivity index (χ0) is 11.0. The summed E-state index contributed by atoms with van der Waals surface area (Å²) < 4.78 is 5.50. The van der Waals surface area contributed by atoms with Gasteiger partial charge in [-0.2, -0.15) is 0 Å². The van der Waals surface area contributed by atoms with E-state index in [9.17, 15) is 5.11 Å². The Morgan fingerprint density at radius 2 is 1.93 bits per heavy atom. The van der Waals surface area contributed by atoms with Gasteiger partial charge in [-0.1, -0.05) is 0 Å². The Kier molecular flexibility index (Phi) is 2.23. The number of benzene rings is 1. The Balaban J connectivity index is 2.49. The predicted molar refractivity (Wildman–Crippen MR) is 57.8 cm³/mol. The molecule has 0 unspecified atom stereocenters. The van der Waals surface area contributed by atoms with E-state index in [-0.39, 0.29) is 0 Å². The molecule has 0 radical (unpaired) electrons. The minimum absolute atomic E-state index is 0.291. The highest BCUT2D eigenvalue weighted by atomic mass is 16.4. The van der Waals surface area contributed by atoms with Crippen molar-refractivity contribution in [3.8, 4) is 17.2 Å². The molecule has 0 fully saturated rings. The van der Waals surface area contributed by atoms with Crippen LogP contribution in [0.2, 0.25) is 0 Å². The summed E-state index contributed by atoms with van der Waals surface area (Å²) in [7, 11) is 0. The Morgan fingerprint density at radius 3 is 2.47 bits per heavy atom. The molecule has 0 aliphatic heterocycles. The van der Waals surface area contributed by atoms with Crippen molar-refractivity contribution in [3.63, 3.8) is 0 Å². The van der Waals surface area contributed by atoms with Crippen molar-refractivity contribution >= 4 is 0 Å². The molecule has 0 saturated heterocycles. The van der Waals surface area contributed by atoms with Gasteiger partial charge in [0.25, 0.3) is 0 Å². The van der Waals surface area contributed by atoms with Gasteiger partial charge in [-0.05, 0) is 44.5 Å². The lowest BCUT2D eigenvalue weighted by atomic mass is 10.1. The molecule has 78 valence electrons. The van der Waals surface area contributed by atoms with Gasteiger partial charge in [0.2, 0.25) is 5.89 Å². The van der Waals surface area contributed by atoms with Crippen LogP contribution in [-0.4, -0.2) is 10.1 Å². The molecule has 1 heterocycles. The second-order valence-corrected chi connectivity index (χ2v) is 3.66. The maximum atomic E-state index is 9.40. The Morgan fingerprint density at radius 1 is 1.20 bits per heavy atom. The van der Waals surface area contributed by atoms with E-state index in [0.717, 1.165) is 22.6 Å². The van der Waals surface area contributed by atoms with Gasteiger partial charge >= 0.3 is 0 Å². The summed E-state index contributed by atoms with van der Waals surface area (Å²) >= 11 is 0. The summed E-state index contributed by atoms with van der Waals surface area (Å²) in [5.74, 6) is 1.72. The smallest absolute Gasteiger partial charge is 0.226 e. The minimum atomic E-state index is 0.291. The number of hydrogen-bond acceptors (Lipinski definition) is 3. The van der Waals surface area contributed by atoms with Gasteiger partial charge in [0.15, 0.2) is 0 Å². The molecule has 0 bridgehead atoms. The monoisotopic (exact) mass is 203 g/mol. The van der Waals surface area contributed by atoms with Crippen molar-refractivity contribution in [2.75, 3.05) is 0 Å². The van der Waals surface area contributed by atoms with Crippen molar-refractivity contribution in [2.24, 2.45) is 0 Å². The number of nitrogens with zero attached hydrogens (tertiary/aromatic N) is 1. The summed E-state index contributed by atoms with van der Waals surface area (Å²) in [6, 6.07) is 5.31. The zero-order valence-corrected chi connectivity index (χ0v) is 9.03. The van der Waals surface area contributed by atoms with Gasteiger partial charge in [-0.3, -0.25) is 0 Å². The van der Waals surface area contributed by atoms with Gasteiger partial charge in [0, 0.05) is 5.56 Å². The van der Waals surface area contributed by atoms with E-state index in [1.54, 1.807) is 12.1 Å². The van der Waals surface area contributed by atoms with E-state index in [1.807, 2.05) is 26.8 Å². The molecule has 0 spiro atoms. The van der Waals surface area contributed by atoms with Crippen LogP contribution in [0.3, 0.4) is 0 Å². The highest BCUT2D eigenvalue weighted by Gasteiger charge is 2.08. The SMILES string of the molecule is Cc1cc(-c2nc(C)c(C)o2)ccc1O. The third-order valence-electron chi connectivity index (χ3n) is 2.47. The lowest BCUT2D eigenvalue weighted by molar-refractivity contribution is 0.471. The first-order valence-electron chi connectivity index (χ1n) is 4.82. The summed E-state index contributed by atoms with van der Waals surface area (Å²) in [5, 5.41) is 9.40. The number of aryl methyl sites for hydroxylation is 3. The molecule has 0 saturated carbocycles. The van der Waals surface area contributed by atoms with Crippen molar-refractivity contribution < 1.29 is 9.52 Å². The molecule has 3 nitrogen and oxygen atoms in total. The second kappa shape index (κ2) is 3.42. The van der Waals surface area contributed by atoms with Crippen LogP contribution < -0.4 is 0 Å². The van der Waals surface area contributed by atoms with Crippen molar-refractivity contribution in [1.29, 1.82) is 0 Å². The second-order valence-electron chi connectivity index (χ2n) is 3.66. The Hall–Kier alpha value is -1.77. The van der Waals surface area contributed by atoms with Gasteiger partial charge in [-0.25, -0.2) is 4.98 Å². The van der Waals surface area contributed by atoms with E-state index in [1.165, 1.54) is 0 Å². The quantitative estimate of drug-likeness (QED) is 0.775. The molecule has 0 aliphatic rings. The topological polar surface area (TPSA) is 46.3 Å². The van der Waals surface area contributed by atoms with Crippen molar-refractivity contribution in [3.05, 3.63) is 35.2 Å². The van der Waals surface area contributed by atoms with Crippen LogP contribution in [0.4, 0.5) is 0 Å². The molecule has 1 aromatic carbocycles. The van der Waals surface area contributed by atoms with E-state index in [2.05, 4.69) is 4.98 Å². The van der Waals surface area contributed by atoms with Gasteiger partial charge in [0.05, 0.1) is 5.69 Å². The van der Waals surface area contributed by atoms with Crippen LogP contribution in [0.5, 0.6) is 5.75 Å². The van der Waals surface area contributed by atoms with Gasteiger partial charge in [-0.15, -0.1) is 0 Å². The maximum Gasteiger partial charge on any atom is 0.226 e.